The van der Waals surface area contributed by atoms with Crippen molar-refractivity contribution in [2.45, 2.75) is 6.42 Å². The monoisotopic (exact) mass is 450 g/mol. The van der Waals surface area contributed by atoms with Gasteiger partial charge in [-0.2, -0.15) is 0 Å². The third-order valence-corrected chi connectivity index (χ3v) is 5.21. The van der Waals surface area contributed by atoms with Gasteiger partial charge in [0.1, 0.15) is 0 Å². The van der Waals surface area contributed by atoms with E-state index in [0.717, 1.165) is 23.4 Å². The zero-order valence-electron chi connectivity index (χ0n) is 17.8. The number of likely N-dealkylation sites (N-methyl/N-ethyl adjacent to an activating group) is 1. The van der Waals surface area contributed by atoms with Crippen LogP contribution in [0.4, 0.5) is 17.3 Å². The molecule has 32 heavy (non-hydrogen) atoms. The van der Waals surface area contributed by atoms with Crippen molar-refractivity contribution in [3.8, 4) is 11.3 Å². The van der Waals surface area contributed by atoms with Crippen molar-refractivity contribution in [1.29, 1.82) is 0 Å². The van der Waals surface area contributed by atoms with Gasteiger partial charge < -0.3 is 20.9 Å². The molecule has 1 aromatic heterocycles. The molecule has 2 amide bonds. The van der Waals surface area contributed by atoms with E-state index >= 15 is 0 Å². The van der Waals surface area contributed by atoms with E-state index in [-0.39, 0.29) is 18.2 Å². The molecule has 0 unspecified atom stereocenters. The van der Waals surface area contributed by atoms with E-state index < -0.39 is 0 Å². The van der Waals surface area contributed by atoms with Gasteiger partial charge in [0.15, 0.2) is 0 Å². The molecule has 2 heterocycles. The molecule has 0 bridgehead atoms. The van der Waals surface area contributed by atoms with Crippen LogP contribution >= 0.6 is 11.6 Å². The summed E-state index contributed by atoms with van der Waals surface area (Å²) in [5, 5.41) is 9.45. The number of rotatable bonds is 6. The van der Waals surface area contributed by atoms with Gasteiger partial charge in [-0.3, -0.25) is 9.59 Å². The molecule has 164 valence electrons. The van der Waals surface area contributed by atoms with Crippen LogP contribution in [0.15, 0.2) is 48.7 Å². The lowest BCUT2D eigenvalue weighted by Crippen LogP contribution is -2.31. The molecule has 4 rings (SSSR count). The van der Waals surface area contributed by atoms with Crippen LogP contribution in [0.25, 0.3) is 11.3 Å². The second-order valence-electron chi connectivity index (χ2n) is 7.74. The minimum Gasteiger partial charge on any atom is -0.351 e. The molecular weight excluding hydrogens is 428 g/mol. The number of carbonyl (C=O) groups excluding carboxylic acids is 2. The van der Waals surface area contributed by atoms with E-state index in [9.17, 15) is 9.59 Å². The second-order valence-corrected chi connectivity index (χ2v) is 8.18. The minimum atomic E-state index is -0.143. The number of anilines is 3. The van der Waals surface area contributed by atoms with Crippen LogP contribution in [-0.4, -0.2) is 53.9 Å². The maximum absolute atomic E-state index is 12.2. The topological polar surface area (TPSA) is 99.2 Å². The normalized spacial score (nSPS) is 12.4. The van der Waals surface area contributed by atoms with Gasteiger partial charge in [0.05, 0.1) is 17.8 Å². The first-order valence-corrected chi connectivity index (χ1v) is 10.5. The summed E-state index contributed by atoms with van der Waals surface area (Å²) in [6.07, 6.45) is 1.83. The van der Waals surface area contributed by atoms with Gasteiger partial charge in [-0.1, -0.05) is 11.6 Å². The van der Waals surface area contributed by atoms with Crippen LogP contribution in [-0.2, 0) is 11.2 Å². The lowest BCUT2D eigenvalue weighted by Gasteiger charge is -2.12. The average molecular weight is 451 g/mol. The van der Waals surface area contributed by atoms with Crippen LogP contribution in [0.2, 0.25) is 5.02 Å². The summed E-state index contributed by atoms with van der Waals surface area (Å²) in [6, 6.07) is 12.4. The highest BCUT2D eigenvalue weighted by Crippen LogP contribution is 2.34. The summed E-state index contributed by atoms with van der Waals surface area (Å²) in [4.78, 5) is 35.5. The standard InChI is InChI=1S/C23H23ClN6O2/c1-30(2)10-9-25-22(32)14-3-6-17(7-4-14)27-23-26-13-15-11-20(31)28-19-12-16(24)5-8-18(19)21(15)29-23/h3-8,12-13H,9-11H2,1-2H3,(H,25,32)(H,28,31)(H,26,27,29). The molecule has 3 aromatic rings. The van der Waals surface area contributed by atoms with Gasteiger partial charge in [-0.05, 0) is 56.6 Å². The Balaban J connectivity index is 1.52. The molecule has 0 saturated carbocycles. The number of halogens is 1. The molecule has 1 aliphatic heterocycles. The predicted octanol–water partition coefficient (Wildman–Crippen LogP) is 3.33. The SMILES string of the molecule is CN(C)CCNC(=O)c1ccc(Nc2ncc3c(n2)-c2ccc(Cl)cc2NC(=O)C3)cc1. The molecule has 3 N–H and O–H groups in total. The highest BCUT2D eigenvalue weighted by Gasteiger charge is 2.21. The Morgan fingerprint density at radius 3 is 2.72 bits per heavy atom. The number of benzene rings is 2. The Morgan fingerprint density at radius 2 is 1.97 bits per heavy atom. The number of nitrogens with zero attached hydrogens (tertiary/aromatic N) is 3. The number of nitrogens with one attached hydrogen (secondary N) is 3. The first kappa shape index (κ1) is 21.7. The van der Waals surface area contributed by atoms with Crippen molar-refractivity contribution in [3.05, 3.63) is 64.8 Å². The summed E-state index contributed by atoms with van der Waals surface area (Å²) >= 11 is 6.09. The maximum Gasteiger partial charge on any atom is 0.251 e. The highest BCUT2D eigenvalue weighted by molar-refractivity contribution is 6.31. The summed E-state index contributed by atoms with van der Waals surface area (Å²) in [6.45, 7) is 1.36. The maximum atomic E-state index is 12.2. The predicted molar refractivity (Wildman–Crippen MR) is 125 cm³/mol. The van der Waals surface area contributed by atoms with E-state index in [4.69, 9.17) is 11.6 Å². The first-order chi connectivity index (χ1) is 15.4. The highest BCUT2D eigenvalue weighted by atomic mass is 35.5. The smallest absolute Gasteiger partial charge is 0.251 e. The van der Waals surface area contributed by atoms with Crippen molar-refractivity contribution in [2.75, 3.05) is 37.8 Å². The molecule has 9 heteroatoms. The summed E-state index contributed by atoms with van der Waals surface area (Å²) < 4.78 is 0. The Hall–Kier alpha value is -3.49. The number of aromatic nitrogens is 2. The number of carbonyl (C=O) groups is 2. The van der Waals surface area contributed by atoms with Crippen LogP contribution in [0, 0.1) is 0 Å². The van der Waals surface area contributed by atoms with Crippen LogP contribution in [0.5, 0.6) is 0 Å². The van der Waals surface area contributed by atoms with Crippen LogP contribution in [0.3, 0.4) is 0 Å². The summed E-state index contributed by atoms with van der Waals surface area (Å²) in [5.74, 6) is 0.130. The van der Waals surface area contributed by atoms with E-state index in [0.29, 0.717) is 34.5 Å². The van der Waals surface area contributed by atoms with E-state index in [1.807, 2.05) is 25.1 Å². The van der Waals surface area contributed by atoms with Crippen molar-refractivity contribution in [1.82, 2.24) is 20.2 Å². The fraction of sp³-hybridized carbons (Fsp3) is 0.217. The molecule has 8 nitrogen and oxygen atoms in total. The third-order valence-electron chi connectivity index (χ3n) is 4.97. The Labute approximate surface area is 191 Å². The molecule has 0 atom stereocenters. The number of fused-ring (bicyclic) bond motifs is 3. The molecule has 2 aromatic carbocycles. The molecule has 0 spiro atoms. The van der Waals surface area contributed by atoms with Crippen LogP contribution < -0.4 is 16.0 Å². The largest absolute Gasteiger partial charge is 0.351 e. The van der Waals surface area contributed by atoms with E-state index in [1.165, 1.54) is 0 Å². The van der Waals surface area contributed by atoms with E-state index in [1.54, 1.807) is 42.6 Å². The lowest BCUT2D eigenvalue weighted by atomic mass is 10.1. The Morgan fingerprint density at radius 1 is 1.19 bits per heavy atom. The number of hydrogen-bond donors (Lipinski definition) is 3. The fourth-order valence-corrected chi connectivity index (χ4v) is 3.52. The zero-order valence-corrected chi connectivity index (χ0v) is 18.5. The van der Waals surface area contributed by atoms with Gasteiger partial charge in [-0.15, -0.1) is 0 Å². The van der Waals surface area contributed by atoms with Gasteiger partial charge in [0.25, 0.3) is 5.91 Å². The quantitative estimate of drug-likeness (QED) is 0.532. The molecule has 0 radical (unpaired) electrons. The van der Waals surface area contributed by atoms with Gasteiger partial charge in [0.2, 0.25) is 11.9 Å². The number of hydrogen-bond acceptors (Lipinski definition) is 6. The molecular formula is C23H23ClN6O2. The third kappa shape index (κ3) is 5.04. The zero-order chi connectivity index (χ0) is 22.7. The van der Waals surface area contributed by atoms with Gasteiger partial charge in [-0.25, -0.2) is 9.97 Å². The van der Waals surface area contributed by atoms with Crippen molar-refractivity contribution < 1.29 is 9.59 Å². The molecule has 0 saturated heterocycles. The fourth-order valence-electron chi connectivity index (χ4n) is 3.35. The number of amides is 2. The van der Waals surface area contributed by atoms with Crippen molar-refractivity contribution in [2.24, 2.45) is 0 Å². The van der Waals surface area contributed by atoms with Gasteiger partial charge >= 0.3 is 0 Å². The lowest BCUT2D eigenvalue weighted by molar-refractivity contribution is -0.115. The Kier molecular flexibility index (Phi) is 6.34. The summed E-state index contributed by atoms with van der Waals surface area (Å²) in [5.41, 5.74) is 4.13. The van der Waals surface area contributed by atoms with Crippen LogP contribution in [0.1, 0.15) is 15.9 Å². The average Bonchev–Trinajstić information content (AvgIpc) is 2.88. The Bertz CT molecular complexity index is 1160. The molecule has 0 aliphatic carbocycles. The molecule has 1 aliphatic rings. The first-order valence-electron chi connectivity index (χ1n) is 10.1. The second kappa shape index (κ2) is 9.33. The van der Waals surface area contributed by atoms with E-state index in [2.05, 4.69) is 25.9 Å². The summed E-state index contributed by atoms with van der Waals surface area (Å²) in [7, 11) is 3.92. The van der Waals surface area contributed by atoms with Crippen molar-refractivity contribution in [3.63, 3.8) is 0 Å². The van der Waals surface area contributed by atoms with Gasteiger partial charge in [0, 0.05) is 46.7 Å². The minimum absolute atomic E-state index is 0.118. The molecule has 0 fully saturated rings. The van der Waals surface area contributed by atoms with Crippen molar-refractivity contribution >= 4 is 40.7 Å².